The molecule has 0 aromatic heterocycles. The van der Waals surface area contributed by atoms with E-state index in [1.54, 1.807) is 0 Å². The molecule has 0 bridgehead atoms. The summed E-state index contributed by atoms with van der Waals surface area (Å²) in [4.78, 5) is 28.3. The first kappa shape index (κ1) is 20.2. The van der Waals surface area contributed by atoms with Crippen molar-refractivity contribution in [3.63, 3.8) is 0 Å². The van der Waals surface area contributed by atoms with E-state index in [0.717, 1.165) is 18.8 Å². The molecule has 2 unspecified atom stereocenters. The van der Waals surface area contributed by atoms with Crippen molar-refractivity contribution in [1.29, 1.82) is 0 Å². The third-order valence-corrected chi connectivity index (χ3v) is 4.87. The van der Waals surface area contributed by atoms with Crippen LogP contribution in [0.2, 0.25) is 0 Å². The molecule has 28 heavy (non-hydrogen) atoms. The van der Waals surface area contributed by atoms with Crippen LogP contribution >= 0.6 is 0 Å². The molecule has 2 aliphatic rings. The van der Waals surface area contributed by atoms with E-state index < -0.39 is 5.97 Å². The Morgan fingerprint density at radius 1 is 1.25 bits per heavy atom. The van der Waals surface area contributed by atoms with Gasteiger partial charge in [0.15, 0.2) is 0 Å². The lowest BCUT2D eigenvalue weighted by Crippen LogP contribution is -2.45. The first-order valence-electron chi connectivity index (χ1n) is 9.42. The molecule has 1 aromatic rings. The summed E-state index contributed by atoms with van der Waals surface area (Å²) in [5.41, 5.74) is 2.24. The number of methoxy groups -OCH3 is 1. The highest BCUT2D eigenvalue weighted by Gasteiger charge is 2.34. The minimum absolute atomic E-state index is 0.121. The molecule has 0 saturated carbocycles. The van der Waals surface area contributed by atoms with Crippen molar-refractivity contribution in [3.8, 4) is 0 Å². The molecule has 1 fully saturated rings. The number of ether oxygens (including phenoxy) is 2. The Bertz CT molecular complexity index is 752. The quantitative estimate of drug-likeness (QED) is 0.701. The number of morpholine rings is 1. The van der Waals surface area contributed by atoms with Gasteiger partial charge in [-0.15, -0.1) is 0 Å². The highest BCUT2D eigenvalue weighted by molar-refractivity contribution is 6.08. The van der Waals surface area contributed by atoms with E-state index in [4.69, 9.17) is 14.6 Å². The summed E-state index contributed by atoms with van der Waals surface area (Å²) in [7, 11) is 1.28. The molecular weight excluding hydrogens is 362 g/mol. The Morgan fingerprint density at radius 3 is 2.46 bits per heavy atom. The zero-order valence-electron chi connectivity index (χ0n) is 16.5. The lowest BCUT2D eigenvalue weighted by atomic mass is 10.2. The van der Waals surface area contributed by atoms with E-state index in [1.807, 2.05) is 24.3 Å². The predicted molar refractivity (Wildman–Crippen MR) is 105 cm³/mol. The summed E-state index contributed by atoms with van der Waals surface area (Å²) in [5, 5.41) is 12.2. The van der Waals surface area contributed by atoms with E-state index >= 15 is 0 Å². The van der Waals surface area contributed by atoms with Crippen LogP contribution in [0, 0.1) is 0 Å². The van der Waals surface area contributed by atoms with Gasteiger partial charge >= 0.3 is 5.97 Å². The van der Waals surface area contributed by atoms with Crippen molar-refractivity contribution >= 4 is 23.3 Å². The van der Waals surface area contributed by atoms with Crippen LogP contribution in [0.3, 0.4) is 0 Å². The number of hydrogen-bond donors (Lipinski definition) is 2. The number of benzene rings is 1. The summed E-state index contributed by atoms with van der Waals surface area (Å²) in [6.45, 7) is 5.88. The molecule has 0 aliphatic carbocycles. The van der Waals surface area contributed by atoms with Gasteiger partial charge in [0.05, 0.1) is 38.0 Å². The monoisotopic (exact) mass is 389 g/mol. The molecule has 2 aliphatic heterocycles. The average Bonchev–Trinajstić information content (AvgIpc) is 2.97. The number of amides is 1. The largest absolute Gasteiger partial charge is 0.466 e. The number of aliphatic hydroxyl groups excluding tert-OH is 1. The zero-order valence-corrected chi connectivity index (χ0v) is 16.5. The number of aliphatic hydroxyl groups is 1. The van der Waals surface area contributed by atoms with Crippen molar-refractivity contribution in [2.45, 2.75) is 26.1 Å². The van der Waals surface area contributed by atoms with E-state index in [0.29, 0.717) is 5.69 Å². The maximum absolute atomic E-state index is 12.6. The minimum atomic E-state index is -0.552. The van der Waals surface area contributed by atoms with Gasteiger partial charge in [-0.1, -0.05) is 0 Å². The Morgan fingerprint density at radius 2 is 1.89 bits per heavy atom. The summed E-state index contributed by atoms with van der Waals surface area (Å²) in [5.74, 6) is -0.876. The number of esters is 1. The lowest BCUT2D eigenvalue weighted by molar-refractivity contribution is -0.136. The smallest absolute Gasteiger partial charge is 0.337 e. The molecule has 1 aromatic carbocycles. The van der Waals surface area contributed by atoms with Crippen molar-refractivity contribution < 1.29 is 24.2 Å². The number of carbonyl (C=O) groups is 2. The van der Waals surface area contributed by atoms with Crippen molar-refractivity contribution in [3.05, 3.63) is 35.5 Å². The van der Waals surface area contributed by atoms with Crippen LogP contribution in [-0.4, -0.2) is 74.0 Å². The van der Waals surface area contributed by atoms with Gasteiger partial charge in [-0.25, -0.2) is 4.79 Å². The van der Waals surface area contributed by atoms with Crippen molar-refractivity contribution in [2.24, 2.45) is 0 Å². The third-order valence-electron chi connectivity index (χ3n) is 4.87. The van der Waals surface area contributed by atoms with Gasteiger partial charge < -0.3 is 29.7 Å². The SMILES string of the molecule is COC(=O)C1=C(Nc2ccc(N3CC(C)OC(C)C3)cc2)C(=O)N(CCO)C1. The van der Waals surface area contributed by atoms with Gasteiger partial charge in [0, 0.05) is 31.0 Å². The molecule has 2 N–H and O–H groups in total. The van der Waals surface area contributed by atoms with E-state index in [9.17, 15) is 9.59 Å². The Labute approximate surface area is 164 Å². The maximum atomic E-state index is 12.6. The number of rotatable bonds is 6. The van der Waals surface area contributed by atoms with E-state index in [1.165, 1.54) is 12.0 Å². The van der Waals surface area contributed by atoms with Crippen LogP contribution in [0.4, 0.5) is 11.4 Å². The van der Waals surface area contributed by atoms with E-state index in [-0.39, 0.29) is 49.1 Å². The van der Waals surface area contributed by atoms with Crippen LogP contribution in [0.25, 0.3) is 0 Å². The Hall–Kier alpha value is -2.58. The lowest BCUT2D eigenvalue weighted by Gasteiger charge is -2.36. The second-order valence-electron chi connectivity index (χ2n) is 7.13. The van der Waals surface area contributed by atoms with Crippen LogP contribution in [0.5, 0.6) is 0 Å². The van der Waals surface area contributed by atoms with Gasteiger partial charge in [-0.05, 0) is 38.1 Å². The molecular formula is C20H27N3O5. The number of nitrogens with one attached hydrogen (secondary N) is 1. The van der Waals surface area contributed by atoms with Crippen LogP contribution < -0.4 is 10.2 Å². The minimum Gasteiger partial charge on any atom is -0.466 e. The van der Waals surface area contributed by atoms with Gasteiger partial charge in [0.25, 0.3) is 5.91 Å². The Kier molecular flexibility index (Phi) is 6.21. The summed E-state index contributed by atoms with van der Waals surface area (Å²) in [6, 6.07) is 7.72. The number of hydrogen-bond acceptors (Lipinski definition) is 7. The topological polar surface area (TPSA) is 91.3 Å². The molecule has 1 saturated heterocycles. The van der Waals surface area contributed by atoms with Crippen LogP contribution in [-0.2, 0) is 19.1 Å². The van der Waals surface area contributed by atoms with Gasteiger partial charge in [-0.3, -0.25) is 4.79 Å². The third kappa shape index (κ3) is 4.28. The fourth-order valence-electron chi connectivity index (χ4n) is 3.64. The highest BCUT2D eigenvalue weighted by atomic mass is 16.5. The summed E-state index contributed by atoms with van der Waals surface area (Å²) >= 11 is 0. The molecule has 1 amide bonds. The normalized spacial score (nSPS) is 22.6. The maximum Gasteiger partial charge on any atom is 0.337 e. The number of β-amino-alcohol motifs (C(OH)–C–C–N with tert-alkyl or cyclic N) is 1. The summed E-state index contributed by atoms with van der Waals surface area (Å²) < 4.78 is 10.6. The fourth-order valence-corrected chi connectivity index (χ4v) is 3.64. The molecule has 3 rings (SSSR count). The number of nitrogens with zero attached hydrogens (tertiary/aromatic N) is 2. The molecule has 2 atom stereocenters. The molecule has 0 spiro atoms. The van der Waals surface area contributed by atoms with Gasteiger partial charge in [0.1, 0.15) is 5.70 Å². The zero-order chi connectivity index (χ0) is 20.3. The highest BCUT2D eigenvalue weighted by Crippen LogP contribution is 2.26. The summed E-state index contributed by atoms with van der Waals surface area (Å²) in [6.07, 6.45) is 0.339. The van der Waals surface area contributed by atoms with Crippen molar-refractivity contribution in [2.75, 3.05) is 50.1 Å². The fraction of sp³-hybridized carbons (Fsp3) is 0.500. The molecule has 0 radical (unpaired) electrons. The number of anilines is 2. The first-order chi connectivity index (χ1) is 13.4. The van der Waals surface area contributed by atoms with Crippen molar-refractivity contribution in [1.82, 2.24) is 4.90 Å². The van der Waals surface area contributed by atoms with Gasteiger partial charge in [0.2, 0.25) is 0 Å². The van der Waals surface area contributed by atoms with Crippen LogP contribution in [0.1, 0.15) is 13.8 Å². The second-order valence-corrected chi connectivity index (χ2v) is 7.13. The first-order valence-corrected chi connectivity index (χ1v) is 9.42. The number of carbonyl (C=O) groups excluding carboxylic acids is 2. The predicted octanol–water partition coefficient (Wildman–Crippen LogP) is 0.974. The molecule has 8 nitrogen and oxygen atoms in total. The van der Waals surface area contributed by atoms with Crippen LogP contribution in [0.15, 0.2) is 35.5 Å². The second kappa shape index (κ2) is 8.62. The molecule has 2 heterocycles. The standard InChI is InChI=1S/C20H27N3O5/c1-13-10-23(11-14(2)28-13)16-6-4-15(5-7-16)21-18-17(20(26)27-3)12-22(8-9-24)19(18)25/h4-7,13-14,21,24H,8-12H2,1-3H3. The Balaban J connectivity index is 1.76. The van der Waals surface area contributed by atoms with Gasteiger partial charge in [-0.2, -0.15) is 0 Å². The average molecular weight is 389 g/mol. The molecule has 152 valence electrons. The molecule has 8 heteroatoms. The van der Waals surface area contributed by atoms with E-state index in [2.05, 4.69) is 24.1 Å².